The molecule has 2 aromatic rings. The molecule has 2 aliphatic heterocycles. The molecule has 0 radical (unpaired) electrons. The molecule has 0 saturated carbocycles. The van der Waals surface area contributed by atoms with E-state index in [9.17, 15) is 9.90 Å². The summed E-state index contributed by atoms with van der Waals surface area (Å²) >= 11 is 0. The van der Waals surface area contributed by atoms with Crippen LogP contribution in [0.15, 0.2) is 48.5 Å². The third-order valence-electron chi connectivity index (χ3n) is 7.05. The molecule has 2 aliphatic rings. The van der Waals surface area contributed by atoms with Gasteiger partial charge in [0, 0.05) is 31.1 Å². The van der Waals surface area contributed by atoms with E-state index in [2.05, 4.69) is 34.6 Å². The Labute approximate surface area is 208 Å². The van der Waals surface area contributed by atoms with Crippen LogP contribution in [0.5, 0.6) is 0 Å². The van der Waals surface area contributed by atoms with Crippen molar-refractivity contribution in [2.24, 2.45) is 5.92 Å². The first-order chi connectivity index (χ1) is 17.1. The van der Waals surface area contributed by atoms with Crippen LogP contribution in [0.2, 0.25) is 0 Å². The molecule has 4 atom stereocenters. The van der Waals surface area contributed by atoms with Crippen LogP contribution < -0.4 is 10.6 Å². The number of urea groups is 1. The van der Waals surface area contributed by atoms with Gasteiger partial charge in [0.2, 0.25) is 0 Å². The molecule has 2 saturated heterocycles. The molecule has 2 amide bonds. The summed E-state index contributed by atoms with van der Waals surface area (Å²) in [6.07, 6.45) is 3.29. The van der Waals surface area contributed by atoms with Gasteiger partial charge in [-0.1, -0.05) is 61.9 Å². The smallest absolute Gasteiger partial charge is 0.315 e. The number of carbonyl (C=O) groups is 1. The van der Waals surface area contributed by atoms with Crippen LogP contribution in [0, 0.1) is 5.92 Å². The molecule has 4 unspecified atom stereocenters. The zero-order valence-corrected chi connectivity index (χ0v) is 20.9. The molecule has 2 aromatic carbocycles. The number of aliphatic hydroxyl groups excluding tert-OH is 1. The Morgan fingerprint density at radius 2 is 1.60 bits per heavy atom. The standard InChI is InChI=1S/C28H39N3O4/c1-3-29-28(33)30-17-21-7-13-24(14-8-21)27-34-25(18-31-15-5-4-6-16-31)20(2)26(35-27)23-11-9-22(19-32)10-12-23/h7-14,20,25-27,32H,3-6,15-19H2,1-2H3,(H2,29,30,33). The summed E-state index contributed by atoms with van der Waals surface area (Å²) in [4.78, 5) is 14.2. The second kappa shape index (κ2) is 12.5. The van der Waals surface area contributed by atoms with E-state index in [1.165, 1.54) is 19.3 Å². The first kappa shape index (κ1) is 25.6. The summed E-state index contributed by atoms with van der Waals surface area (Å²) < 4.78 is 13.1. The van der Waals surface area contributed by atoms with Crippen molar-refractivity contribution in [1.82, 2.24) is 15.5 Å². The summed E-state index contributed by atoms with van der Waals surface area (Å²) in [5.74, 6) is 0.189. The highest BCUT2D eigenvalue weighted by Crippen LogP contribution is 2.42. The molecular weight excluding hydrogens is 442 g/mol. The SMILES string of the molecule is CCNC(=O)NCc1ccc(C2OC(CN3CCCCC3)C(C)C(c3ccc(CO)cc3)O2)cc1. The summed E-state index contributed by atoms with van der Waals surface area (Å²) in [6.45, 7) is 8.36. The molecule has 0 spiro atoms. The van der Waals surface area contributed by atoms with Gasteiger partial charge in [0.25, 0.3) is 0 Å². The Morgan fingerprint density at radius 1 is 0.943 bits per heavy atom. The molecule has 0 aromatic heterocycles. The molecule has 7 heteroatoms. The quantitative estimate of drug-likeness (QED) is 0.524. The zero-order valence-electron chi connectivity index (χ0n) is 20.9. The van der Waals surface area contributed by atoms with Gasteiger partial charge in [-0.25, -0.2) is 4.79 Å². The molecule has 7 nitrogen and oxygen atoms in total. The Hall–Kier alpha value is -2.45. The molecule has 0 bridgehead atoms. The van der Waals surface area contributed by atoms with E-state index in [1.54, 1.807) is 0 Å². The Balaban J connectivity index is 1.50. The van der Waals surface area contributed by atoms with Crippen molar-refractivity contribution >= 4 is 6.03 Å². The van der Waals surface area contributed by atoms with Crippen LogP contribution in [0.1, 0.15) is 67.8 Å². The Kier molecular flexibility index (Phi) is 9.15. The van der Waals surface area contributed by atoms with E-state index in [4.69, 9.17) is 9.47 Å². The normalized spacial score (nSPS) is 25.2. The number of benzene rings is 2. The van der Waals surface area contributed by atoms with E-state index >= 15 is 0 Å². The van der Waals surface area contributed by atoms with Gasteiger partial charge in [-0.2, -0.15) is 0 Å². The average Bonchev–Trinajstić information content (AvgIpc) is 2.90. The fourth-order valence-electron chi connectivity index (χ4n) is 4.92. The number of nitrogens with one attached hydrogen (secondary N) is 2. The summed E-state index contributed by atoms with van der Waals surface area (Å²) in [7, 11) is 0. The van der Waals surface area contributed by atoms with Crippen molar-refractivity contribution < 1.29 is 19.4 Å². The fourth-order valence-corrected chi connectivity index (χ4v) is 4.92. The minimum absolute atomic E-state index is 0.0337. The molecule has 2 fully saturated rings. The van der Waals surface area contributed by atoms with Gasteiger partial charge < -0.3 is 30.1 Å². The van der Waals surface area contributed by atoms with Gasteiger partial charge >= 0.3 is 6.03 Å². The van der Waals surface area contributed by atoms with Crippen molar-refractivity contribution in [3.8, 4) is 0 Å². The average molecular weight is 482 g/mol. The predicted octanol–water partition coefficient (Wildman–Crippen LogP) is 4.28. The van der Waals surface area contributed by atoms with Crippen molar-refractivity contribution in [2.45, 2.75) is 64.8 Å². The third kappa shape index (κ3) is 6.82. The maximum atomic E-state index is 11.7. The highest BCUT2D eigenvalue weighted by molar-refractivity contribution is 5.73. The van der Waals surface area contributed by atoms with E-state index in [0.717, 1.165) is 41.9 Å². The predicted molar refractivity (Wildman–Crippen MR) is 136 cm³/mol. The van der Waals surface area contributed by atoms with Crippen LogP contribution in [0.25, 0.3) is 0 Å². The lowest BCUT2D eigenvalue weighted by Crippen LogP contribution is -2.45. The number of ether oxygens (including phenoxy) is 2. The van der Waals surface area contributed by atoms with Crippen LogP contribution in [-0.4, -0.2) is 48.3 Å². The summed E-state index contributed by atoms with van der Waals surface area (Å²) in [5.41, 5.74) is 3.99. The number of likely N-dealkylation sites (tertiary alicyclic amines) is 1. The minimum Gasteiger partial charge on any atom is -0.392 e. The van der Waals surface area contributed by atoms with Gasteiger partial charge in [-0.3, -0.25) is 0 Å². The minimum atomic E-state index is -0.464. The van der Waals surface area contributed by atoms with Crippen LogP contribution in [0.3, 0.4) is 0 Å². The number of nitrogens with zero attached hydrogens (tertiary/aromatic N) is 1. The molecule has 35 heavy (non-hydrogen) atoms. The van der Waals surface area contributed by atoms with Crippen LogP contribution >= 0.6 is 0 Å². The summed E-state index contributed by atoms with van der Waals surface area (Å²) in [5, 5.41) is 15.0. The monoisotopic (exact) mass is 481 g/mol. The van der Waals surface area contributed by atoms with Gasteiger partial charge in [0.05, 0.1) is 18.8 Å². The van der Waals surface area contributed by atoms with Crippen molar-refractivity contribution in [3.63, 3.8) is 0 Å². The lowest BCUT2D eigenvalue weighted by atomic mass is 9.89. The maximum absolute atomic E-state index is 11.7. The summed E-state index contributed by atoms with van der Waals surface area (Å²) in [6, 6.07) is 16.0. The zero-order chi connectivity index (χ0) is 24.6. The molecule has 190 valence electrons. The van der Waals surface area contributed by atoms with Gasteiger partial charge in [0.15, 0.2) is 6.29 Å². The molecule has 0 aliphatic carbocycles. The van der Waals surface area contributed by atoms with Gasteiger partial charge in [-0.15, -0.1) is 0 Å². The van der Waals surface area contributed by atoms with Gasteiger partial charge in [0.1, 0.15) is 0 Å². The number of aliphatic hydroxyl groups is 1. The van der Waals surface area contributed by atoms with E-state index in [0.29, 0.717) is 13.1 Å². The number of rotatable bonds is 8. The van der Waals surface area contributed by atoms with Gasteiger partial charge in [-0.05, 0) is 49.5 Å². The Morgan fingerprint density at radius 3 is 2.26 bits per heavy atom. The number of amides is 2. The van der Waals surface area contributed by atoms with Crippen LogP contribution in [-0.2, 0) is 22.6 Å². The highest BCUT2D eigenvalue weighted by Gasteiger charge is 2.39. The van der Waals surface area contributed by atoms with Crippen molar-refractivity contribution in [1.29, 1.82) is 0 Å². The largest absolute Gasteiger partial charge is 0.392 e. The van der Waals surface area contributed by atoms with Crippen molar-refractivity contribution in [2.75, 3.05) is 26.2 Å². The number of piperidine rings is 1. The Bertz CT molecular complexity index is 928. The molecular formula is C28H39N3O4. The lowest BCUT2D eigenvalue weighted by Gasteiger charge is -2.43. The number of hydrogen-bond donors (Lipinski definition) is 3. The highest BCUT2D eigenvalue weighted by atomic mass is 16.7. The third-order valence-corrected chi connectivity index (χ3v) is 7.05. The van der Waals surface area contributed by atoms with Crippen molar-refractivity contribution in [3.05, 3.63) is 70.8 Å². The molecule has 2 heterocycles. The number of hydrogen-bond acceptors (Lipinski definition) is 5. The maximum Gasteiger partial charge on any atom is 0.315 e. The second-order valence-corrected chi connectivity index (χ2v) is 9.64. The number of carbonyl (C=O) groups excluding carboxylic acids is 1. The van der Waals surface area contributed by atoms with Crippen LogP contribution in [0.4, 0.5) is 4.79 Å². The topological polar surface area (TPSA) is 83.1 Å². The fraction of sp³-hybridized carbons (Fsp3) is 0.536. The second-order valence-electron chi connectivity index (χ2n) is 9.64. The first-order valence-corrected chi connectivity index (χ1v) is 12.9. The van der Waals surface area contributed by atoms with E-state index in [-0.39, 0.29) is 30.8 Å². The molecule has 3 N–H and O–H groups in total. The lowest BCUT2D eigenvalue weighted by molar-refractivity contribution is -0.276. The van der Waals surface area contributed by atoms with E-state index < -0.39 is 6.29 Å². The van der Waals surface area contributed by atoms with E-state index in [1.807, 2.05) is 43.3 Å². The first-order valence-electron chi connectivity index (χ1n) is 12.9. The molecule has 4 rings (SSSR count).